The molecule has 1 heterocycles. The van der Waals surface area contributed by atoms with Crippen LogP contribution in [0.5, 0.6) is 5.75 Å². The molecule has 1 aliphatic rings. The molecule has 1 saturated heterocycles. The van der Waals surface area contributed by atoms with Gasteiger partial charge in [-0.25, -0.2) is 0 Å². The van der Waals surface area contributed by atoms with Crippen LogP contribution in [0.25, 0.3) is 16.8 Å². The fourth-order valence-corrected chi connectivity index (χ4v) is 3.61. The van der Waals surface area contributed by atoms with Gasteiger partial charge in [-0.2, -0.15) is 0 Å². The van der Waals surface area contributed by atoms with Crippen molar-refractivity contribution in [3.8, 4) is 5.75 Å². The highest BCUT2D eigenvalue weighted by Gasteiger charge is 2.23. The molecule has 0 radical (unpaired) electrons. The number of piperazine rings is 1. The van der Waals surface area contributed by atoms with Gasteiger partial charge in [0.15, 0.2) is 0 Å². The van der Waals surface area contributed by atoms with Gasteiger partial charge in [-0.15, -0.1) is 0 Å². The molecule has 0 bridgehead atoms. The van der Waals surface area contributed by atoms with E-state index < -0.39 is 0 Å². The summed E-state index contributed by atoms with van der Waals surface area (Å²) in [4.78, 5) is 17.1. The number of phenols is 1. The van der Waals surface area contributed by atoms with Gasteiger partial charge in [0.25, 0.3) is 5.91 Å². The van der Waals surface area contributed by atoms with Gasteiger partial charge < -0.3 is 10.0 Å². The van der Waals surface area contributed by atoms with Crippen LogP contribution in [0.2, 0.25) is 0 Å². The molecule has 28 heavy (non-hydrogen) atoms. The van der Waals surface area contributed by atoms with E-state index >= 15 is 0 Å². The van der Waals surface area contributed by atoms with Crippen LogP contribution >= 0.6 is 0 Å². The Morgan fingerprint density at radius 2 is 1.54 bits per heavy atom. The van der Waals surface area contributed by atoms with E-state index in [1.165, 1.54) is 5.56 Å². The highest BCUT2D eigenvalue weighted by atomic mass is 16.3. The summed E-state index contributed by atoms with van der Waals surface area (Å²) in [5, 5.41) is 12.2. The zero-order valence-corrected chi connectivity index (χ0v) is 15.8. The van der Waals surface area contributed by atoms with Crippen LogP contribution < -0.4 is 0 Å². The maximum absolute atomic E-state index is 12.9. The summed E-state index contributed by atoms with van der Waals surface area (Å²) in [5.74, 6) is -0.0420. The highest BCUT2D eigenvalue weighted by molar-refractivity contribution is 6.01. The number of aromatic hydroxyl groups is 1. The van der Waals surface area contributed by atoms with Crippen LogP contribution in [0.15, 0.2) is 72.8 Å². The molecule has 1 N–H and O–H groups in total. The van der Waals surface area contributed by atoms with Gasteiger partial charge in [0, 0.05) is 32.7 Å². The number of hydrogen-bond donors (Lipinski definition) is 1. The van der Waals surface area contributed by atoms with E-state index in [-0.39, 0.29) is 11.7 Å². The van der Waals surface area contributed by atoms with E-state index in [1.54, 1.807) is 12.1 Å². The van der Waals surface area contributed by atoms with Crippen molar-refractivity contribution in [2.75, 3.05) is 32.7 Å². The van der Waals surface area contributed by atoms with Gasteiger partial charge in [-0.3, -0.25) is 9.69 Å². The molecule has 3 aromatic rings. The number of rotatable bonds is 4. The third kappa shape index (κ3) is 4.07. The number of carbonyl (C=O) groups is 1. The predicted molar refractivity (Wildman–Crippen MR) is 113 cm³/mol. The molecule has 1 amide bonds. The molecule has 0 atom stereocenters. The quantitative estimate of drug-likeness (QED) is 0.752. The average Bonchev–Trinajstić information content (AvgIpc) is 2.74. The van der Waals surface area contributed by atoms with Crippen molar-refractivity contribution >= 4 is 22.8 Å². The Hall–Kier alpha value is -3.11. The Balaban J connectivity index is 1.36. The number of carbonyl (C=O) groups excluding carboxylic acids is 1. The van der Waals surface area contributed by atoms with Crippen molar-refractivity contribution in [3.63, 3.8) is 0 Å². The van der Waals surface area contributed by atoms with Gasteiger partial charge in [0.05, 0.1) is 5.56 Å². The van der Waals surface area contributed by atoms with Gasteiger partial charge in [0.1, 0.15) is 5.75 Å². The van der Waals surface area contributed by atoms with Crippen LogP contribution in [0.3, 0.4) is 0 Å². The lowest BCUT2D eigenvalue weighted by atomic mass is 10.0. The third-order valence-corrected chi connectivity index (χ3v) is 5.23. The van der Waals surface area contributed by atoms with E-state index in [0.29, 0.717) is 18.7 Å². The van der Waals surface area contributed by atoms with E-state index in [4.69, 9.17) is 0 Å². The van der Waals surface area contributed by atoms with Crippen molar-refractivity contribution in [1.29, 1.82) is 0 Å². The predicted octanol–water partition coefficient (Wildman–Crippen LogP) is 4.02. The number of fused-ring (bicyclic) bond motifs is 1. The Bertz CT molecular complexity index is 990. The van der Waals surface area contributed by atoms with Gasteiger partial charge >= 0.3 is 0 Å². The fraction of sp³-hybridized carbons (Fsp3) is 0.208. The van der Waals surface area contributed by atoms with Crippen LogP contribution in [-0.2, 0) is 0 Å². The molecular weight excluding hydrogens is 348 g/mol. The molecule has 142 valence electrons. The minimum atomic E-state index is -0.0947. The highest BCUT2D eigenvalue weighted by Crippen LogP contribution is 2.26. The molecule has 0 aromatic heterocycles. The summed E-state index contributed by atoms with van der Waals surface area (Å²) < 4.78 is 0. The lowest BCUT2D eigenvalue weighted by Gasteiger charge is -2.34. The molecule has 4 heteroatoms. The molecular formula is C24H24N2O2. The summed E-state index contributed by atoms with van der Waals surface area (Å²) in [6.45, 7) is 3.88. The summed E-state index contributed by atoms with van der Waals surface area (Å²) >= 11 is 0. The first-order valence-electron chi connectivity index (χ1n) is 9.66. The topological polar surface area (TPSA) is 43.8 Å². The second-order valence-electron chi connectivity index (χ2n) is 7.12. The van der Waals surface area contributed by atoms with Gasteiger partial charge in [0.2, 0.25) is 0 Å². The Morgan fingerprint density at radius 1 is 0.893 bits per heavy atom. The number of nitrogens with zero attached hydrogens (tertiary/aromatic N) is 2. The summed E-state index contributed by atoms with van der Waals surface area (Å²) in [7, 11) is 0. The summed E-state index contributed by atoms with van der Waals surface area (Å²) in [6.07, 6.45) is 4.30. The first-order chi connectivity index (χ1) is 13.7. The van der Waals surface area contributed by atoms with E-state index in [2.05, 4.69) is 29.2 Å². The summed E-state index contributed by atoms with van der Waals surface area (Å²) in [5.41, 5.74) is 1.58. The van der Waals surface area contributed by atoms with Crippen LogP contribution in [-0.4, -0.2) is 53.5 Å². The molecule has 0 aliphatic carbocycles. The van der Waals surface area contributed by atoms with Crippen molar-refractivity contribution in [1.82, 2.24) is 9.80 Å². The maximum Gasteiger partial charge on any atom is 0.257 e. The standard InChI is InChI=1S/C24H24N2O2/c27-23-18-21-11-5-4-10-20(21)17-22(23)24(28)26-15-13-25(14-16-26)12-6-9-19-7-2-1-3-8-19/h1-11,17-18,27H,12-16H2. The number of amides is 1. The van der Waals surface area contributed by atoms with Crippen molar-refractivity contribution in [3.05, 3.63) is 83.9 Å². The maximum atomic E-state index is 12.9. The SMILES string of the molecule is O=C(c1cc2ccccc2cc1O)N1CCN(CC=Cc2ccccc2)CC1. The summed E-state index contributed by atoms with van der Waals surface area (Å²) in [6, 6.07) is 21.5. The van der Waals surface area contributed by atoms with E-state index in [0.717, 1.165) is 30.4 Å². The number of benzene rings is 3. The monoisotopic (exact) mass is 372 g/mol. The molecule has 3 aromatic carbocycles. The Labute approximate surface area is 165 Å². The zero-order valence-electron chi connectivity index (χ0n) is 15.8. The van der Waals surface area contributed by atoms with E-state index in [1.807, 2.05) is 47.4 Å². The average molecular weight is 372 g/mol. The minimum absolute atomic E-state index is 0.0527. The zero-order chi connectivity index (χ0) is 19.3. The molecule has 0 saturated carbocycles. The molecule has 1 fully saturated rings. The lowest BCUT2D eigenvalue weighted by molar-refractivity contribution is 0.0647. The largest absolute Gasteiger partial charge is 0.507 e. The van der Waals surface area contributed by atoms with Crippen LogP contribution in [0, 0.1) is 0 Å². The first-order valence-corrected chi connectivity index (χ1v) is 9.66. The lowest BCUT2D eigenvalue weighted by Crippen LogP contribution is -2.48. The smallest absolute Gasteiger partial charge is 0.257 e. The first kappa shape index (κ1) is 18.3. The minimum Gasteiger partial charge on any atom is -0.507 e. The van der Waals surface area contributed by atoms with Crippen LogP contribution in [0.4, 0.5) is 0 Å². The van der Waals surface area contributed by atoms with Crippen molar-refractivity contribution in [2.24, 2.45) is 0 Å². The number of phenolic OH excluding ortho intramolecular Hbond substituents is 1. The van der Waals surface area contributed by atoms with Crippen molar-refractivity contribution in [2.45, 2.75) is 0 Å². The van der Waals surface area contributed by atoms with E-state index in [9.17, 15) is 9.90 Å². The Kier molecular flexibility index (Phi) is 5.40. The Morgan fingerprint density at radius 3 is 2.25 bits per heavy atom. The molecule has 0 unspecified atom stereocenters. The molecule has 4 nitrogen and oxygen atoms in total. The van der Waals surface area contributed by atoms with Crippen LogP contribution in [0.1, 0.15) is 15.9 Å². The number of hydrogen-bond acceptors (Lipinski definition) is 3. The second-order valence-corrected chi connectivity index (χ2v) is 7.12. The van der Waals surface area contributed by atoms with Gasteiger partial charge in [-0.05, 0) is 28.5 Å². The molecule has 4 rings (SSSR count). The third-order valence-electron chi connectivity index (χ3n) is 5.23. The normalized spacial score (nSPS) is 15.4. The molecule has 0 spiro atoms. The van der Waals surface area contributed by atoms with Gasteiger partial charge in [-0.1, -0.05) is 66.7 Å². The fourth-order valence-electron chi connectivity index (χ4n) is 3.61. The second kappa shape index (κ2) is 8.28. The van der Waals surface area contributed by atoms with Crippen molar-refractivity contribution < 1.29 is 9.90 Å². The molecule has 1 aliphatic heterocycles.